The molecule has 16 heteroatoms. The van der Waals surface area contributed by atoms with E-state index in [-0.39, 0.29) is 29.3 Å². The number of amides is 4. The Kier molecular flexibility index (Phi) is 10.6. The molecular weight excluding hydrogens is 773 g/mol. The molecule has 6 aromatic rings. The molecule has 0 unspecified atom stereocenters. The van der Waals surface area contributed by atoms with E-state index in [1.54, 1.807) is 11.1 Å². The number of piperazine rings is 1. The van der Waals surface area contributed by atoms with Crippen molar-refractivity contribution in [3.8, 4) is 22.5 Å². The quantitative estimate of drug-likeness (QED) is 0.163. The lowest BCUT2D eigenvalue weighted by atomic mass is 9.90. The monoisotopic (exact) mass is 824 g/mol. The number of carbonyl (C=O) groups excluding carboxylic acids is 3. The van der Waals surface area contributed by atoms with Crippen LogP contribution in [0.5, 0.6) is 0 Å². The standard InChI is InChI=1S/C45H52N12O4/c1-28-24-30(6-15-36(28)29(2)48-41(59)42-51-43(52-61-42)45(3,4)5)40-38-16-18-46-57(38)27-37(49-40)31-25-47-56(26-31)35-13-9-33(10-14-35)54-22-20-53(21-23-54)32-7-11-34(12-8-32)55-19-17-39(58)50-44(55)60/h6-8,11-12,15-16,18,24-27,29,33,35H,9-10,13-14,17,19-23H2,1-5H3,(H,48,59)(H,50,58,60)/t29-,33?,35?/m1/s1. The number of imide groups is 1. The van der Waals surface area contributed by atoms with Gasteiger partial charge in [-0.05, 0) is 87.1 Å². The summed E-state index contributed by atoms with van der Waals surface area (Å²) >= 11 is 0. The van der Waals surface area contributed by atoms with Crippen molar-refractivity contribution >= 4 is 34.7 Å². The van der Waals surface area contributed by atoms with Gasteiger partial charge in [-0.25, -0.2) is 14.3 Å². The minimum absolute atomic E-state index is 0.0498. The number of rotatable bonds is 9. The highest BCUT2D eigenvalue weighted by Gasteiger charge is 2.31. The zero-order chi connectivity index (χ0) is 42.4. The SMILES string of the molecule is Cc1cc(-c2nc(-c3cnn(C4CCC(N5CCN(c6ccc(N7CCC(=O)NC7=O)cc6)CC5)CC4)c3)cn3nccc23)ccc1[C@@H](C)NC(=O)c1nc(C(C)(C)C)no1. The fraction of sp³-hybridized carbons (Fsp3) is 0.422. The van der Waals surface area contributed by atoms with Crippen molar-refractivity contribution in [2.75, 3.05) is 42.5 Å². The fourth-order valence-corrected chi connectivity index (χ4v) is 8.90. The number of aryl methyl sites for hydroxylation is 1. The predicted molar refractivity (Wildman–Crippen MR) is 230 cm³/mol. The van der Waals surface area contributed by atoms with Crippen LogP contribution in [0.2, 0.25) is 0 Å². The summed E-state index contributed by atoms with van der Waals surface area (Å²) in [7, 11) is 0. The number of carbonyl (C=O) groups is 3. The van der Waals surface area contributed by atoms with Crippen LogP contribution in [0.15, 0.2) is 77.8 Å². The summed E-state index contributed by atoms with van der Waals surface area (Å²) in [5, 5.41) is 18.8. The van der Waals surface area contributed by atoms with E-state index in [9.17, 15) is 14.4 Å². The summed E-state index contributed by atoms with van der Waals surface area (Å²) < 4.78 is 9.26. The van der Waals surface area contributed by atoms with Crippen LogP contribution in [0.3, 0.4) is 0 Å². The van der Waals surface area contributed by atoms with Gasteiger partial charge in [-0.3, -0.25) is 29.4 Å². The van der Waals surface area contributed by atoms with Gasteiger partial charge in [-0.2, -0.15) is 15.2 Å². The van der Waals surface area contributed by atoms with Gasteiger partial charge in [0, 0.05) is 79.3 Å². The maximum absolute atomic E-state index is 13.0. The Hall–Kier alpha value is -6.42. The molecule has 9 rings (SSSR count). The summed E-state index contributed by atoms with van der Waals surface area (Å²) in [4.78, 5) is 53.0. The molecule has 61 heavy (non-hydrogen) atoms. The molecule has 2 aromatic carbocycles. The summed E-state index contributed by atoms with van der Waals surface area (Å²) in [5.41, 5.74) is 8.02. The van der Waals surface area contributed by atoms with Crippen molar-refractivity contribution in [3.05, 3.63) is 96.2 Å². The van der Waals surface area contributed by atoms with E-state index >= 15 is 0 Å². The Labute approximate surface area is 354 Å². The van der Waals surface area contributed by atoms with Crippen LogP contribution in [0.25, 0.3) is 28.0 Å². The highest BCUT2D eigenvalue weighted by Crippen LogP contribution is 2.34. The van der Waals surface area contributed by atoms with Gasteiger partial charge in [-0.15, -0.1) is 0 Å². The van der Waals surface area contributed by atoms with E-state index in [0.29, 0.717) is 30.9 Å². The third-order valence-electron chi connectivity index (χ3n) is 12.4. The molecule has 6 heterocycles. The van der Waals surface area contributed by atoms with Gasteiger partial charge in [0.05, 0.1) is 47.6 Å². The molecule has 2 N–H and O–H groups in total. The molecule has 3 fully saturated rings. The van der Waals surface area contributed by atoms with Crippen LogP contribution in [-0.2, 0) is 10.2 Å². The average molecular weight is 825 g/mol. The first-order valence-electron chi connectivity index (χ1n) is 21.2. The molecule has 2 aliphatic heterocycles. The summed E-state index contributed by atoms with van der Waals surface area (Å²) in [6.45, 7) is 14.2. The molecule has 0 bridgehead atoms. The minimum atomic E-state index is -0.411. The maximum Gasteiger partial charge on any atom is 0.328 e. The normalized spacial score (nSPS) is 19.6. The van der Waals surface area contributed by atoms with E-state index < -0.39 is 5.91 Å². The van der Waals surface area contributed by atoms with Crippen molar-refractivity contribution in [1.82, 2.24) is 50.1 Å². The number of benzene rings is 2. The van der Waals surface area contributed by atoms with Gasteiger partial charge in [-0.1, -0.05) is 38.1 Å². The van der Waals surface area contributed by atoms with Gasteiger partial charge in [0.1, 0.15) is 0 Å². The molecule has 16 nitrogen and oxygen atoms in total. The lowest BCUT2D eigenvalue weighted by Gasteiger charge is -2.42. The first-order valence-corrected chi connectivity index (χ1v) is 21.2. The number of nitrogens with zero attached hydrogens (tertiary/aromatic N) is 10. The number of urea groups is 1. The Morgan fingerprint density at radius 1 is 0.869 bits per heavy atom. The first kappa shape index (κ1) is 40.0. The van der Waals surface area contributed by atoms with Crippen LogP contribution >= 0.6 is 0 Å². The van der Waals surface area contributed by atoms with E-state index in [2.05, 4.69) is 64.8 Å². The molecule has 2 saturated heterocycles. The topological polar surface area (TPSA) is 172 Å². The van der Waals surface area contributed by atoms with Crippen LogP contribution < -0.4 is 20.4 Å². The second-order valence-corrected chi connectivity index (χ2v) is 17.5. The number of hydrogen-bond donors (Lipinski definition) is 2. The van der Waals surface area contributed by atoms with Crippen molar-refractivity contribution in [2.24, 2.45) is 0 Å². The number of aromatic nitrogens is 7. The maximum atomic E-state index is 13.0. The fourth-order valence-electron chi connectivity index (χ4n) is 8.90. The Morgan fingerprint density at radius 2 is 1.61 bits per heavy atom. The minimum Gasteiger partial charge on any atom is -0.369 e. The zero-order valence-electron chi connectivity index (χ0n) is 35.3. The Bertz CT molecular complexity index is 2570. The number of anilines is 2. The van der Waals surface area contributed by atoms with Crippen LogP contribution in [0, 0.1) is 6.92 Å². The molecule has 4 amide bonds. The van der Waals surface area contributed by atoms with Crippen molar-refractivity contribution in [2.45, 2.75) is 90.3 Å². The predicted octanol–water partition coefficient (Wildman–Crippen LogP) is 6.49. The van der Waals surface area contributed by atoms with E-state index in [0.717, 1.165) is 102 Å². The lowest BCUT2D eigenvalue weighted by molar-refractivity contribution is -0.120. The molecule has 316 valence electrons. The molecule has 1 atom stereocenters. The van der Waals surface area contributed by atoms with Gasteiger partial charge in [0.25, 0.3) is 0 Å². The second kappa shape index (κ2) is 16.2. The summed E-state index contributed by atoms with van der Waals surface area (Å²) in [5.74, 6) is -0.200. The number of fused-ring (bicyclic) bond motifs is 1. The number of hydrogen-bond acceptors (Lipinski definition) is 11. The van der Waals surface area contributed by atoms with Gasteiger partial charge < -0.3 is 14.7 Å². The molecule has 3 aliphatic rings. The molecule has 0 radical (unpaired) electrons. The van der Waals surface area contributed by atoms with Gasteiger partial charge in [0.2, 0.25) is 5.91 Å². The largest absolute Gasteiger partial charge is 0.369 e. The average Bonchev–Trinajstić information content (AvgIpc) is 4.06. The van der Waals surface area contributed by atoms with Gasteiger partial charge in [0.15, 0.2) is 5.82 Å². The van der Waals surface area contributed by atoms with E-state index in [4.69, 9.17) is 14.6 Å². The van der Waals surface area contributed by atoms with Crippen molar-refractivity contribution in [3.63, 3.8) is 0 Å². The lowest BCUT2D eigenvalue weighted by Crippen LogP contribution is -2.51. The molecular formula is C45H52N12O4. The smallest absolute Gasteiger partial charge is 0.328 e. The summed E-state index contributed by atoms with van der Waals surface area (Å²) in [6, 6.07) is 16.5. The third-order valence-corrected chi connectivity index (χ3v) is 12.4. The summed E-state index contributed by atoms with van der Waals surface area (Å²) in [6.07, 6.45) is 12.5. The first-order chi connectivity index (χ1) is 29.4. The molecule has 1 aliphatic carbocycles. The Morgan fingerprint density at radius 3 is 2.31 bits per heavy atom. The third kappa shape index (κ3) is 8.23. The van der Waals surface area contributed by atoms with Crippen molar-refractivity contribution in [1.29, 1.82) is 0 Å². The highest BCUT2D eigenvalue weighted by atomic mass is 16.5. The van der Waals surface area contributed by atoms with E-state index in [1.807, 2.05) is 81.9 Å². The second-order valence-electron chi connectivity index (χ2n) is 17.5. The molecule has 4 aromatic heterocycles. The highest BCUT2D eigenvalue weighted by molar-refractivity contribution is 6.05. The van der Waals surface area contributed by atoms with Crippen LogP contribution in [-0.4, -0.2) is 96.0 Å². The molecule has 0 spiro atoms. The van der Waals surface area contributed by atoms with Crippen LogP contribution in [0.1, 0.15) is 99.5 Å². The molecule has 1 saturated carbocycles. The zero-order valence-corrected chi connectivity index (χ0v) is 35.3. The van der Waals surface area contributed by atoms with E-state index in [1.165, 1.54) is 0 Å². The Balaban J connectivity index is 0.813. The van der Waals surface area contributed by atoms with Crippen molar-refractivity contribution < 1.29 is 18.9 Å². The number of nitrogens with one attached hydrogen (secondary N) is 2. The van der Waals surface area contributed by atoms with Crippen LogP contribution in [0.4, 0.5) is 16.2 Å². The van der Waals surface area contributed by atoms with Gasteiger partial charge >= 0.3 is 17.8 Å².